The summed E-state index contributed by atoms with van der Waals surface area (Å²) in [5, 5.41) is 15.2. The number of nitrogens with two attached hydrogens (primary N) is 2. The number of esters is 2. The van der Waals surface area contributed by atoms with Crippen LogP contribution >= 0.6 is 0 Å². The van der Waals surface area contributed by atoms with Crippen LogP contribution in [-0.4, -0.2) is 34.6 Å². The average molecular weight is 468 g/mol. The van der Waals surface area contributed by atoms with Crippen LogP contribution in [0.5, 0.6) is 0 Å². The molecule has 1 aliphatic rings. The number of nitrogens with zero attached hydrogens (tertiary/aromatic N) is 2. The SMILES string of the molecule is COC(=O)C1=C(C(=O)OC)N(c2cccc(S(N)(=O)=O)c2)C(N)=C(C#N)C1c1ccccc1. The third kappa shape index (κ3) is 4.30. The number of ether oxygens (including phenoxy) is 2. The van der Waals surface area contributed by atoms with Crippen molar-refractivity contribution in [2.75, 3.05) is 19.1 Å². The Balaban J connectivity index is 2.43. The highest BCUT2D eigenvalue weighted by Gasteiger charge is 2.43. The van der Waals surface area contributed by atoms with E-state index >= 15 is 0 Å². The first-order valence-electron chi connectivity index (χ1n) is 9.44. The number of benzene rings is 2. The quantitative estimate of drug-likeness (QED) is 0.614. The van der Waals surface area contributed by atoms with Crippen LogP contribution in [0.15, 0.2) is 82.2 Å². The van der Waals surface area contributed by atoms with Crippen LogP contribution in [0.3, 0.4) is 0 Å². The molecular weight excluding hydrogens is 448 g/mol. The van der Waals surface area contributed by atoms with Crippen LogP contribution < -0.4 is 15.8 Å². The maximum atomic E-state index is 12.9. The van der Waals surface area contributed by atoms with E-state index in [9.17, 15) is 23.3 Å². The van der Waals surface area contributed by atoms with Crippen LogP contribution in [0.25, 0.3) is 0 Å². The molecule has 1 atom stereocenters. The van der Waals surface area contributed by atoms with E-state index in [1.54, 1.807) is 30.3 Å². The Hall–Kier alpha value is -4.14. The Morgan fingerprint density at radius 3 is 2.21 bits per heavy atom. The Kier molecular flexibility index (Phi) is 6.52. The Bertz CT molecular complexity index is 1330. The van der Waals surface area contributed by atoms with Gasteiger partial charge in [0.2, 0.25) is 10.0 Å². The normalized spacial score (nSPS) is 16.3. The lowest BCUT2D eigenvalue weighted by molar-refractivity contribution is -0.139. The second kappa shape index (κ2) is 9.15. The third-order valence-corrected chi connectivity index (χ3v) is 5.93. The first kappa shape index (κ1) is 23.5. The summed E-state index contributed by atoms with van der Waals surface area (Å²) < 4.78 is 33.6. The van der Waals surface area contributed by atoms with Crippen molar-refractivity contribution in [1.29, 1.82) is 5.26 Å². The highest BCUT2D eigenvalue weighted by molar-refractivity contribution is 7.89. The number of carbonyl (C=O) groups is 2. The number of rotatable bonds is 5. The van der Waals surface area contributed by atoms with Gasteiger partial charge >= 0.3 is 11.9 Å². The van der Waals surface area contributed by atoms with Gasteiger partial charge in [-0.1, -0.05) is 36.4 Å². The minimum atomic E-state index is -4.10. The Labute approximate surface area is 190 Å². The second-order valence-corrected chi connectivity index (χ2v) is 8.44. The molecular formula is C22H20N4O6S. The minimum Gasteiger partial charge on any atom is -0.466 e. The van der Waals surface area contributed by atoms with Gasteiger partial charge in [0.25, 0.3) is 0 Å². The Morgan fingerprint density at radius 2 is 1.67 bits per heavy atom. The van der Waals surface area contributed by atoms with E-state index in [4.69, 9.17) is 20.3 Å². The van der Waals surface area contributed by atoms with Crippen molar-refractivity contribution >= 4 is 27.6 Å². The average Bonchev–Trinajstić information content (AvgIpc) is 2.82. The molecule has 1 heterocycles. The molecule has 0 aromatic heterocycles. The maximum absolute atomic E-state index is 12.9. The minimum absolute atomic E-state index is 0.0461. The van der Waals surface area contributed by atoms with E-state index in [2.05, 4.69) is 0 Å². The van der Waals surface area contributed by atoms with Crippen molar-refractivity contribution in [3.8, 4) is 6.07 Å². The van der Waals surface area contributed by atoms with Crippen molar-refractivity contribution in [2.45, 2.75) is 10.8 Å². The monoisotopic (exact) mass is 468 g/mol. The number of hydrogen-bond acceptors (Lipinski definition) is 9. The van der Waals surface area contributed by atoms with Gasteiger partial charge in [-0.2, -0.15) is 5.26 Å². The molecule has 11 heteroatoms. The molecule has 0 saturated heterocycles. The zero-order valence-electron chi connectivity index (χ0n) is 17.7. The lowest BCUT2D eigenvalue weighted by Crippen LogP contribution is -2.40. The predicted octanol–water partition coefficient (Wildman–Crippen LogP) is 1.23. The van der Waals surface area contributed by atoms with Gasteiger partial charge in [-0.3, -0.25) is 4.90 Å². The molecule has 0 spiro atoms. The summed E-state index contributed by atoms with van der Waals surface area (Å²) >= 11 is 0. The zero-order chi connectivity index (χ0) is 24.3. The summed E-state index contributed by atoms with van der Waals surface area (Å²) in [5.41, 5.74) is 6.37. The van der Waals surface area contributed by atoms with Gasteiger partial charge in [0, 0.05) is 5.69 Å². The fourth-order valence-corrected chi connectivity index (χ4v) is 4.13. The van der Waals surface area contributed by atoms with Crippen LogP contribution in [0.4, 0.5) is 5.69 Å². The maximum Gasteiger partial charge on any atom is 0.355 e. The van der Waals surface area contributed by atoms with Gasteiger partial charge in [-0.05, 0) is 23.8 Å². The Morgan fingerprint density at radius 1 is 1.03 bits per heavy atom. The van der Waals surface area contributed by atoms with Gasteiger partial charge in [-0.25, -0.2) is 23.1 Å². The highest BCUT2D eigenvalue weighted by atomic mass is 32.2. The number of nitriles is 1. The van der Waals surface area contributed by atoms with Crippen molar-refractivity contribution in [3.05, 3.63) is 82.8 Å². The summed E-state index contributed by atoms with van der Waals surface area (Å²) in [6.07, 6.45) is 0. The summed E-state index contributed by atoms with van der Waals surface area (Å²) in [4.78, 5) is 26.7. The van der Waals surface area contributed by atoms with Crippen LogP contribution in [0, 0.1) is 11.3 Å². The number of carbonyl (C=O) groups excluding carboxylic acids is 2. The van der Waals surface area contributed by atoms with Gasteiger partial charge in [0.15, 0.2) is 0 Å². The van der Waals surface area contributed by atoms with Gasteiger partial charge < -0.3 is 15.2 Å². The molecule has 1 unspecified atom stereocenters. The summed E-state index contributed by atoms with van der Waals surface area (Å²) in [6.45, 7) is 0. The predicted molar refractivity (Wildman–Crippen MR) is 117 cm³/mol. The molecule has 2 aromatic rings. The molecule has 0 amide bonds. The van der Waals surface area contributed by atoms with E-state index in [0.717, 1.165) is 25.2 Å². The number of methoxy groups -OCH3 is 2. The van der Waals surface area contributed by atoms with Crippen molar-refractivity contribution in [3.63, 3.8) is 0 Å². The van der Waals surface area contributed by atoms with E-state index in [-0.39, 0.29) is 33.2 Å². The van der Waals surface area contributed by atoms with Crippen LogP contribution in [-0.2, 0) is 29.1 Å². The lowest BCUT2D eigenvalue weighted by atomic mass is 9.81. The molecule has 0 aliphatic carbocycles. The molecule has 2 aromatic carbocycles. The molecule has 3 rings (SSSR count). The third-order valence-electron chi connectivity index (χ3n) is 5.01. The first-order chi connectivity index (χ1) is 15.6. The number of primary sulfonamides is 1. The standard InChI is InChI=1S/C22H20N4O6S/c1-31-21(27)18-17(13-7-4-3-5-8-13)16(12-23)20(24)26(19(18)22(28)32-2)14-9-6-10-15(11-14)33(25,29)30/h3-11,17H,24H2,1-2H3,(H2,25,29,30). The topological polar surface area (TPSA) is 166 Å². The molecule has 10 nitrogen and oxygen atoms in total. The van der Waals surface area contributed by atoms with Gasteiger partial charge in [0.1, 0.15) is 11.5 Å². The van der Waals surface area contributed by atoms with Gasteiger partial charge in [0.05, 0.1) is 42.2 Å². The van der Waals surface area contributed by atoms with E-state index in [0.29, 0.717) is 5.56 Å². The van der Waals surface area contributed by atoms with Gasteiger partial charge in [-0.15, -0.1) is 0 Å². The molecule has 1 aliphatic heterocycles. The summed E-state index contributed by atoms with van der Waals surface area (Å²) in [5.74, 6) is -3.06. The highest BCUT2D eigenvalue weighted by Crippen LogP contribution is 2.43. The molecule has 170 valence electrons. The molecule has 0 saturated carbocycles. The molecule has 4 N–H and O–H groups in total. The van der Waals surface area contributed by atoms with Crippen molar-refractivity contribution < 1.29 is 27.5 Å². The number of anilines is 1. The number of allylic oxidation sites excluding steroid dienone is 1. The fourth-order valence-electron chi connectivity index (χ4n) is 3.58. The summed E-state index contributed by atoms with van der Waals surface area (Å²) in [6, 6.07) is 15.7. The molecule has 0 bridgehead atoms. The van der Waals surface area contributed by atoms with E-state index < -0.39 is 27.9 Å². The largest absolute Gasteiger partial charge is 0.466 e. The number of hydrogen-bond donors (Lipinski definition) is 2. The van der Waals surface area contributed by atoms with Crippen molar-refractivity contribution in [2.24, 2.45) is 10.9 Å². The smallest absolute Gasteiger partial charge is 0.355 e. The fraction of sp³-hybridized carbons (Fsp3) is 0.136. The van der Waals surface area contributed by atoms with E-state index in [1.165, 1.54) is 18.2 Å². The van der Waals surface area contributed by atoms with Crippen LogP contribution in [0.1, 0.15) is 11.5 Å². The first-order valence-corrected chi connectivity index (χ1v) is 11.0. The molecule has 0 radical (unpaired) electrons. The summed E-state index contributed by atoms with van der Waals surface area (Å²) in [7, 11) is -1.86. The van der Waals surface area contributed by atoms with Crippen LogP contribution in [0.2, 0.25) is 0 Å². The number of sulfonamides is 1. The van der Waals surface area contributed by atoms with E-state index in [1.807, 2.05) is 6.07 Å². The molecule has 0 fully saturated rings. The second-order valence-electron chi connectivity index (χ2n) is 6.88. The zero-order valence-corrected chi connectivity index (χ0v) is 18.5. The molecule has 33 heavy (non-hydrogen) atoms. The van der Waals surface area contributed by atoms with Crippen molar-refractivity contribution in [1.82, 2.24) is 0 Å². The lowest BCUT2D eigenvalue weighted by Gasteiger charge is -2.36.